The molecule has 1 aliphatic rings. The number of carbonyl (C=O) groups is 2. The van der Waals surface area contributed by atoms with Gasteiger partial charge in [-0.2, -0.15) is 0 Å². The van der Waals surface area contributed by atoms with Crippen LogP contribution in [-0.2, 0) is 19.6 Å². The zero-order valence-electron chi connectivity index (χ0n) is 14.3. The largest absolute Gasteiger partial charge is 0.355 e. The molecule has 0 aliphatic carbocycles. The zero-order chi connectivity index (χ0) is 17.1. The van der Waals surface area contributed by atoms with Crippen LogP contribution in [0, 0.1) is 0 Å². The molecular formula is C19H22ClN3O2. The van der Waals surface area contributed by atoms with Crippen molar-refractivity contribution in [2.45, 2.75) is 19.6 Å². The Morgan fingerprint density at radius 3 is 2.36 bits per heavy atom. The van der Waals surface area contributed by atoms with Crippen molar-refractivity contribution in [1.29, 1.82) is 0 Å². The lowest BCUT2D eigenvalue weighted by Gasteiger charge is -2.18. The van der Waals surface area contributed by atoms with Gasteiger partial charge in [-0.15, -0.1) is 12.4 Å². The van der Waals surface area contributed by atoms with E-state index in [1.54, 1.807) is 31.1 Å². The first-order valence-electron chi connectivity index (χ1n) is 7.97. The van der Waals surface area contributed by atoms with E-state index in [2.05, 4.69) is 10.6 Å². The Hall–Kier alpha value is -2.37. The highest BCUT2D eigenvalue weighted by atomic mass is 35.5. The molecule has 2 N–H and O–H groups in total. The van der Waals surface area contributed by atoms with E-state index in [1.165, 1.54) is 11.1 Å². The van der Waals surface area contributed by atoms with E-state index >= 15 is 0 Å². The zero-order valence-corrected chi connectivity index (χ0v) is 15.2. The number of fused-ring (bicyclic) bond motifs is 1. The maximum Gasteiger partial charge on any atom is 0.253 e. The highest BCUT2D eigenvalue weighted by Gasteiger charge is 2.16. The lowest BCUT2D eigenvalue weighted by molar-refractivity contribution is 0.0784. The second-order valence-electron chi connectivity index (χ2n) is 6.02. The summed E-state index contributed by atoms with van der Waals surface area (Å²) in [5.74, 6) is -0.113. The molecule has 6 heteroatoms. The molecule has 25 heavy (non-hydrogen) atoms. The van der Waals surface area contributed by atoms with Gasteiger partial charge in [0, 0.05) is 44.9 Å². The summed E-state index contributed by atoms with van der Waals surface area (Å²) in [7, 11) is 3.40. The van der Waals surface area contributed by atoms with Crippen molar-refractivity contribution in [3.8, 4) is 0 Å². The minimum Gasteiger partial charge on any atom is -0.355 e. The highest BCUT2D eigenvalue weighted by molar-refractivity contribution is 5.95. The quantitative estimate of drug-likeness (QED) is 0.880. The van der Waals surface area contributed by atoms with Crippen LogP contribution in [0.2, 0.25) is 0 Å². The number of nitrogens with one attached hydrogen (secondary N) is 2. The predicted molar refractivity (Wildman–Crippen MR) is 99.9 cm³/mol. The van der Waals surface area contributed by atoms with E-state index in [0.29, 0.717) is 17.7 Å². The molecule has 1 heterocycles. The molecule has 0 atom stereocenters. The Bertz CT molecular complexity index is 775. The summed E-state index contributed by atoms with van der Waals surface area (Å²) in [6.07, 6.45) is 0. The Kier molecular flexibility index (Phi) is 6.17. The van der Waals surface area contributed by atoms with Crippen LogP contribution in [0.15, 0.2) is 42.5 Å². The molecule has 0 radical (unpaired) electrons. The molecule has 5 nitrogen and oxygen atoms in total. The monoisotopic (exact) mass is 359 g/mol. The highest BCUT2D eigenvalue weighted by Crippen LogP contribution is 2.18. The molecule has 1 aliphatic heterocycles. The molecule has 0 spiro atoms. The maximum atomic E-state index is 12.6. The lowest BCUT2D eigenvalue weighted by atomic mass is 10.1. The van der Waals surface area contributed by atoms with Gasteiger partial charge in [-0.1, -0.05) is 18.2 Å². The van der Waals surface area contributed by atoms with Crippen LogP contribution >= 0.6 is 12.4 Å². The van der Waals surface area contributed by atoms with Crippen LogP contribution in [0.4, 0.5) is 0 Å². The van der Waals surface area contributed by atoms with Gasteiger partial charge in [-0.05, 0) is 41.0 Å². The number of halogens is 1. The van der Waals surface area contributed by atoms with Gasteiger partial charge in [0.1, 0.15) is 0 Å². The van der Waals surface area contributed by atoms with E-state index in [0.717, 1.165) is 18.7 Å². The molecule has 2 aromatic carbocycles. The second-order valence-corrected chi connectivity index (χ2v) is 6.02. The van der Waals surface area contributed by atoms with Gasteiger partial charge in [0.25, 0.3) is 11.8 Å². The maximum absolute atomic E-state index is 12.6. The number of nitrogens with zero attached hydrogens (tertiary/aromatic N) is 1. The topological polar surface area (TPSA) is 61.4 Å². The molecule has 2 amide bonds. The normalized spacial score (nSPS) is 12.1. The Morgan fingerprint density at radius 1 is 1.04 bits per heavy atom. The summed E-state index contributed by atoms with van der Waals surface area (Å²) >= 11 is 0. The summed E-state index contributed by atoms with van der Waals surface area (Å²) < 4.78 is 0. The summed E-state index contributed by atoms with van der Waals surface area (Å²) in [6.45, 7) is 2.20. The average Bonchev–Trinajstić information content (AvgIpc) is 3.08. The Labute approximate surface area is 153 Å². The Morgan fingerprint density at radius 2 is 1.68 bits per heavy atom. The second kappa shape index (κ2) is 8.14. The molecular weight excluding hydrogens is 338 g/mol. The molecule has 132 valence electrons. The number of hydrogen-bond acceptors (Lipinski definition) is 3. The van der Waals surface area contributed by atoms with Crippen molar-refractivity contribution in [3.63, 3.8) is 0 Å². The summed E-state index contributed by atoms with van der Waals surface area (Å²) in [4.78, 5) is 25.9. The van der Waals surface area contributed by atoms with Crippen LogP contribution in [0.1, 0.15) is 37.4 Å². The fraction of sp³-hybridized carbons (Fsp3) is 0.263. The van der Waals surface area contributed by atoms with Crippen LogP contribution in [0.5, 0.6) is 0 Å². The SMILES string of the molecule is CNC(=O)c1ccc(CN(C)C(=O)c2ccc3c(c2)CNC3)cc1.Cl. The van der Waals surface area contributed by atoms with E-state index in [9.17, 15) is 9.59 Å². The van der Waals surface area contributed by atoms with Crippen molar-refractivity contribution in [3.05, 3.63) is 70.3 Å². The molecule has 0 aromatic heterocycles. The molecule has 0 bridgehead atoms. The molecule has 0 fully saturated rings. The van der Waals surface area contributed by atoms with Crippen LogP contribution in [0.3, 0.4) is 0 Å². The predicted octanol–water partition coefficient (Wildman–Crippen LogP) is 2.34. The van der Waals surface area contributed by atoms with Gasteiger partial charge in [0.2, 0.25) is 0 Å². The minimum absolute atomic E-state index is 0. The lowest BCUT2D eigenvalue weighted by Crippen LogP contribution is -2.26. The first kappa shape index (κ1) is 19.0. The van der Waals surface area contributed by atoms with Gasteiger partial charge in [0.15, 0.2) is 0 Å². The summed E-state index contributed by atoms with van der Waals surface area (Å²) in [5.41, 5.74) is 4.77. The van der Waals surface area contributed by atoms with Crippen LogP contribution in [-0.4, -0.2) is 30.8 Å². The summed E-state index contributed by atoms with van der Waals surface area (Å²) in [5, 5.41) is 5.88. The fourth-order valence-corrected chi connectivity index (χ4v) is 2.90. The molecule has 0 unspecified atom stereocenters. The van der Waals surface area contributed by atoms with Crippen molar-refractivity contribution in [2.75, 3.05) is 14.1 Å². The summed E-state index contributed by atoms with van der Waals surface area (Å²) in [6, 6.07) is 13.2. The molecule has 2 aromatic rings. The first-order valence-corrected chi connectivity index (χ1v) is 7.97. The van der Waals surface area contributed by atoms with Crippen molar-refractivity contribution >= 4 is 24.2 Å². The first-order chi connectivity index (χ1) is 11.6. The number of amides is 2. The minimum atomic E-state index is -0.113. The van der Waals surface area contributed by atoms with E-state index in [4.69, 9.17) is 0 Å². The van der Waals surface area contributed by atoms with Crippen molar-refractivity contribution in [2.24, 2.45) is 0 Å². The number of carbonyl (C=O) groups excluding carboxylic acids is 2. The van der Waals surface area contributed by atoms with E-state index in [-0.39, 0.29) is 24.2 Å². The average molecular weight is 360 g/mol. The molecule has 3 rings (SSSR count). The van der Waals surface area contributed by atoms with Crippen molar-refractivity contribution < 1.29 is 9.59 Å². The fourth-order valence-electron chi connectivity index (χ4n) is 2.90. The van der Waals surface area contributed by atoms with Gasteiger partial charge >= 0.3 is 0 Å². The van der Waals surface area contributed by atoms with Gasteiger partial charge < -0.3 is 15.5 Å². The Balaban J connectivity index is 0.00000225. The van der Waals surface area contributed by atoms with E-state index in [1.807, 2.05) is 30.3 Å². The smallest absolute Gasteiger partial charge is 0.253 e. The van der Waals surface area contributed by atoms with Crippen LogP contribution < -0.4 is 10.6 Å². The number of rotatable bonds is 4. The van der Waals surface area contributed by atoms with Crippen LogP contribution in [0.25, 0.3) is 0 Å². The standard InChI is InChI=1S/C19H21N3O2.ClH/c1-20-18(23)14-5-3-13(4-6-14)12-22(2)19(24)15-7-8-16-10-21-11-17(16)9-15;/h3-9,21H,10-12H2,1-2H3,(H,20,23);1H. The van der Waals surface area contributed by atoms with Gasteiger partial charge in [-0.25, -0.2) is 0 Å². The number of hydrogen-bond donors (Lipinski definition) is 2. The van der Waals surface area contributed by atoms with Crippen molar-refractivity contribution in [1.82, 2.24) is 15.5 Å². The number of benzene rings is 2. The van der Waals surface area contributed by atoms with E-state index < -0.39 is 0 Å². The molecule has 0 saturated heterocycles. The third-order valence-electron chi connectivity index (χ3n) is 4.29. The third kappa shape index (κ3) is 4.18. The third-order valence-corrected chi connectivity index (χ3v) is 4.29. The van der Waals surface area contributed by atoms with Gasteiger partial charge in [0.05, 0.1) is 0 Å². The van der Waals surface area contributed by atoms with Gasteiger partial charge in [-0.3, -0.25) is 9.59 Å². The molecule has 0 saturated carbocycles.